The van der Waals surface area contributed by atoms with Gasteiger partial charge in [0.2, 0.25) is 0 Å². The molecule has 39 heavy (non-hydrogen) atoms. The van der Waals surface area contributed by atoms with Crippen molar-refractivity contribution < 1.29 is 9.53 Å². The standard InChI is InChI=1S/C29H33N7O3/c1-19-6-7-23-21(15-19)29(2,10-14-39-3)17-35(23)27(37)22-16-25(32-18-31-22)34-12-8-20(9-13-34)36-24-5-4-11-30-26(24)33-28(36)38/h4-7,11,15-16,18,20H,8-10,12-14,17H2,1-3H3,(H,30,33,38). The highest BCUT2D eigenvalue weighted by Gasteiger charge is 2.41. The Morgan fingerprint density at radius 1 is 1.15 bits per heavy atom. The van der Waals surface area contributed by atoms with E-state index >= 15 is 0 Å². The summed E-state index contributed by atoms with van der Waals surface area (Å²) in [5.41, 5.74) is 4.77. The topological polar surface area (TPSA) is 109 Å². The minimum Gasteiger partial charge on any atom is -0.385 e. The maximum absolute atomic E-state index is 13.8. The van der Waals surface area contributed by atoms with E-state index in [1.165, 1.54) is 17.5 Å². The SMILES string of the molecule is COCCC1(C)CN(C(=O)c2cc(N3CCC(n4c(=O)[nH]c5ncccc54)CC3)ncn2)c2ccc(C)cc21. The molecule has 0 spiro atoms. The van der Waals surface area contributed by atoms with E-state index in [0.717, 1.165) is 49.4 Å². The van der Waals surface area contributed by atoms with Gasteiger partial charge in [-0.15, -0.1) is 0 Å². The molecule has 1 aromatic carbocycles. The van der Waals surface area contributed by atoms with Crippen molar-refractivity contribution in [3.05, 3.63) is 76.2 Å². The molecule has 1 saturated heterocycles. The highest BCUT2D eigenvalue weighted by molar-refractivity contribution is 6.06. The first-order valence-electron chi connectivity index (χ1n) is 13.4. The Labute approximate surface area is 226 Å². The number of H-pyrrole nitrogens is 1. The lowest BCUT2D eigenvalue weighted by Gasteiger charge is -2.33. The summed E-state index contributed by atoms with van der Waals surface area (Å²) in [4.78, 5) is 46.4. The van der Waals surface area contributed by atoms with Crippen LogP contribution in [0.2, 0.25) is 0 Å². The average molecular weight is 528 g/mol. The highest BCUT2D eigenvalue weighted by Crippen LogP contribution is 2.44. The molecular formula is C29H33N7O3. The number of piperidine rings is 1. The molecule has 0 saturated carbocycles. The number of ether oxygens (including phenoxy) is 1. The number of benzene rings is 1. The molecule has 1 atom stereocenters. The molecule has 1 amide bonds. The fourth-order valence-corrected chi connectivity index (χ4v) is 6.06. The number of fused-ring (bicyclic) bond motifs is 2. The normalized spacial score (nSPS) is 19.6. The van der Waals surface area contributed by atoms with E-state index in [1.807, 2.05) is 33.7 Å². The summed E-state index contributed by atoms with van der Waals surface area (Å²) in [6.45, 7) is 6.91. The van der Waals surface area contributed by atoms with Crippen molar-refractivity contribution in [2.45, 2.75) is 44.6 Å². The zero-order chi connectivity index (χ0) is 27.1. The van der Waals surface area contributed by atoms with Crippen LogP contribution in [0.15, 0.2) is 53.7 Å². The van der Waals surface area contributed by atoms with Crippen LogP contribution >= 0.6 is 0 Å². The van der Waals surface area contributed by atoms with Gasteiger partial charge in [0.15, 0.2) is 5.65 Å². The number of nitrogens with zero attached hydrogens (tertiary/aromatic N) is 6. The predicted molar refractivity (Wildman–Crippen MR) is 150 cm³/mol. The van der Waals surface area contributed by atoms with Crippen molar-refractivity contribution in [3.63, 3.8) is 0 Å². The van der Waals surface area contributed by atoms with Crippen LogP contribution in [-0.2, 0) is 10.2 Å². The van der Waals surface area contributed by atoms with Crippen LogP contribution in [0.1, 0.15) is 53.8 Å². The van der Waals surface area contributed by atoms with E-state index < -0.39 is 0 Å². The molecule has 0 bridgehead atoms. The second-order valence-electron chi connectivity index (χ2n) is 10.9. The summed E-state index contributed by atoms with van der Waals surface area (Å²) in [7, 11) is 1.71. The Bertz CT molecular complexity index is 1590. The first-order chi connectivity index (χ1) is 18.9. The number of methoxy groups -OCH3 is 1. The van der Waals surface area contributed by atoms with Crippen LogP contribution in [0.3, 0.4) is 0 Å². The van der Waals surface area contributed by atoms with Crippen LogP contribution in [-0.4, -0.2) is 63.8 Å². The lowest BCUT2D eigenvalue weighted by Crippen LogP contribution is -2.38. The quantitative estimate of drug-likeness (QED) is 0.408. The van der Waals surface area contributed by atoms with E-state index in [2.05, 4.69) is 44.7 Å². The fourth-order valence-electron chi connectivity index (χ4n) is 6.06. The lowest BCUT2D eigenvalue weighted by atomic mass is 9.81. The Balaban J connectivity index is 1.21. The number of carbonyl (C=O) groups is 1. The zero-order valence-electron chi connectivity index (χ0n) is 22.6. The van der Waals surface area contributed by atoms with E-state index in [0.29, 0.717) is 24.5 Å². The number of aryl methyl sites for hydroxylation is 1. The molecule has 5 heterocycles. The van der Waals surface area contributed by atoms with Gasteiger partial charge in [-0.2, -0.15) is 0 Å². The Morgan fingerprint density at radius 2 is 1.97 bits per heavy atom. The molecule has 0 aliphatic carbocycles. The molecule has 202 valence electrons. The van der Waals surface area contributed by atoms with Gasteiger partial charge in [-0.1, -0.05) is 24.6 Å². The Kier molecular flexibility index (Phi) is 6.42. The first-order valence-corrected chi connectivity index (χ1v) is 13.4. The number of anilines is 2. The largest absolute Gasteiger partial charge is 0.385 e. The van der Waals surface area contributed by atoms with Gasteiger partial charge in [0, 0.05) is 62.8 Å². The van der Waals surface area contributed by atoms with E-state index in [9.17, 15) is 9.59 Å². The fraction of sp³-hybridized carbons (Fsp3) is 0.414. The number of nitrogens with one attached hydrogen (secondary N) is 1. The molecule has 2 aliphatic heterocycles. The molecule has 1 N–H and O–H groups in total. The Morgan fingerprint density at radius 3 is 2.77 bits per heavy atom. The number of hydrogen-bond acceptors (Lipinski definition) is 7. The summed E-state index contributed by atoms with van der Waals surface area (Å²) in [5.74, 6) is 0.600. The molecule has 10 nitrogen and oxygen atoms in total. The van der Waals surface area contributed by atoms with Gasteiger partial charge >= 0.3 is 5.69 Å². The van der Waals surface area contributed by atoms with Crippen molar-refractivity contribution in [1.29, 1.82) is 0 Å². The van der Waals surface area contributed by atoms with Crippen LogP contribution in [0.5, 0.6) is 0 Å². The third kappa shape index (κ3) is 4.48. The van der Waals surface area contributed by atoms with Crippen molar-refractivity contribution >= 4 is 28.6 Å². The minimum absolute atomic E-state index is 0.0731. The van der Waals surface area contributed by atoms with Gasteiger partial charge in [-0.3, -0.25) is 14.3 Å². The van der Waals surface area contributed by atoms with Gasteiger partial charge in [0.1, 0.15) is 17.8 Å². The maximum Gasteiger partial charge on any atom is 0.327 e. The number of amides is 1. The summed E-state index contributed by atoms with van der Waals surface area (Å²) in [6.07, 6.45) is 5.54. The third-order valence-electron chi connectivity index (χ3n) is 8.22. The van der Waals surface area contributed by atoms with Gasteiger partial charge in [0.05, 0.1) is 5.52 Å². The van der Waals surface area contributed by atoms with Gasteiger partial charge in [-0.25, -0.2) is 19.7 Å². The van der Waals surface area contributed by atoms with Crippen LogP contribution < -0.4 is 15.5 Å². The summed E-state index contributed by atoms with van der Waals surface area (Å²) in [6, 6.07) is 11.9. The molecule has 3 aromatic heterocycles. The van der Waals surface area contributed by atoms with E-state index in [-0.39, 0.29) is 23.1 Å². The molecule has 6 rings (SSSR count). The minimum atomic E-state index is -0.194. The first kappa shape index (κ1) is 25.2. The van der Waals surface area contributed by atoms with Crippen molar-refractivity contribution in [1.82, 2.24) is 24.5 Å². The van der Waals surface area contributed by atoms with Crippen molar-refractivity contribution in [2.75, 3.05) is 43.2 Å². The van der Waals surface area contributed by atoms with Gasteiger partial charge < -0.3 is 14.5 Å². The smallest absolute Gasteiger partial charge is 0.327 e. The number of rotatable bonds is 6. The van der Waals surface area contributed by atoms with Crippen LogP contribution in [0.25, 0.3) is 11.2 Å². The molecule has 1 fully saturated rings. The maximum atomic E-state index is 13.8. The number of imidazole rings is 1. The number of carbonyl (C=O) groups excluding carboxylic acids is 1. The molecule has 1 unspecified atom stereocenters. The second kappa shape index (κ2) is 9.92. The third-order valence-corrected chi connectivity index (χ3v) is 8.22. The highest BCUT2D eigenvalue weighted by atomic mass is 16.5. The van der Waals surface area contributed by atoms with Gasteiger partial charge in [-0.05, 0) is 49.9 Å². The van der Waals surface area contributed by atoms with E-state index in [4.69, 9.17) is 4.74 Å². The summed E-state index contributed by atoms with van der Waals surface area (Å²) in [5, 5.41) is 0. The summed E-state index contributed by atoms with van der Waals surface area (Å²) >= 11 is 0. The van der Waals surface area contributed by atoms with Crippen LogP contribution in [0, 0.1) is 6.92 Å². The second-order valence-corrected chi connectivity index (χ2v) is 10.9. The average Bonchev–Trinajstić information content (AvgIpc) is 3.45. The predicted octanol–water partition coefficient (Wildman–Crippen LogP) is 3.62. The van der Waals surface area contributed by atoms with Crippen molar-refractivity contribution in [3.8, 4) is 0 Å². The van der Waals surface area contributed by atoms with E-state index in [1.54, 1.807) is 19.4 Å². The number of hydrogen-bond donors (Lipinski definition) is 1. The number of aromatic nitrogens is 5. The van der Waals surface area contributed by atoms with Crippen molar-refractivity contribution in [2.24, 2.45) is 0 Å². The molecule has 4 aromatic rings. The number of aromatic amines is 1. The molecular weight excluding hydrogens is 494 g/mol. The number of pyridine rings is 1. The monoisotopic (exact) mass is 527 g/mol. The van der Waals surface area contributed by atoms with Gasteiger partial charge in [0.25, 0.3) is 5.91 Å². The Hall–Kier alpha value is -4.05. The molecule has 2 aliphatic rings. The summed E-state index contributed by atoms with van der Waals surface area (Å²) < 4.78 is 7.20. The molecule has 10 heteroatoms. The molecule has 0 radical (unpaired) electrons. The zero-order valence-corrected chi connectivity index (χ0v) is 22.6. The lowest BCUT2D eigenvalue weighted by molar-refractivity contribution is 0.0977. The van der Waals surface area contributed by atoms with Crippen LogP contribution in [0.4, 0.5) is 11.5 Å².